The van der Waals surface area contributed by atoms with E-state index in [9.17, 15) is 13.2 Å². The van der Waals surface area contributed by atoms with Crippen LogP contribution in [0.1, 0.15) is 31.4 Å². The summed E-state index contributed by atoms with van der Waals surface area (Å²) in [6.45, 7) is 2.64. The summed E-state index contributed by atoms with van der Waals surface area (Å²) < 4.78 is 26.9. The average molecular weight is 424 g/mol. The van der Waals surface area contributed by atoms with Gasteiger partial charge in [-0.3, -0.25) is 9.78 Å². The number of hydrogen-bond donors (Lipinski definition) is 1. The Kier molecular flexibility index (Phi) is 5.83. The molecule has 0 spiro atoms. The van der Waals surface area contributed by atoms with Crippen molar-refractivity contribution < 1.29 is 13.2 Å². The summed E-state index contributed by atoms with van der Waals surface area (Å²) in [6.07, 6.45) is 3.93. The van der Waals surface area contributed by atoms with Gasteiger partial charge in [0.1, 0.15) is 4.90 Å². The number of piperidine rings is 1. The average Bonchev–Trinajstić information content (AvgIpc) is 2.79. The third-order valence-corrected chi connectivity index (χ3v) is 7.61. The van der Waals surface area contributed by atoms with Crippen LogP contribution in [0.2, 0.25) is 0 Å². The normalized spacial score (nSPS) is 17.0. The Morgan fingerprint density at radius 3 is 2.50 bits per heavy atom. The van der Waals surface area contributed by atoms with E-state index in [4.69, 9.17) is 0 Å². The zero-order chi connectivity index (χ0) is 21.1. The Balaban J connectivity index is 1.37. The zero-order valence-electron chi connectivity index (χ0n) is 16.9. The van der Waals surface area contributed by atoms with E-state index in [1.807, 2.05) is 25.1 Å². The molecule has 3 aromatic rings. The Morgan fingerprint density at radius 1 is 1.07 bits per heavy atom. The van der Waals surface area contributed by atoms with Crippen LogP contribution in [0.3, 0.4) is 0 Å². The highest BCUT2D eigenvalue weighted by Gasteiger charge is 2.32. The lowest BCUT2D eigenvalue weighted by molar-refractivity contribution is -0.126. The van der Waals surface area contributed by atoms with Gasteiger partial charge in [-0.2, -0.15) is 4.31 Å². The molecule has 6 nitrogen and oxygen atoms in total. The molecular formula is C23H25N3O3S. The number of nitrogens with one attached hydrogen (secondary N) is 1. The first-order valence-electron chi connectivity index (χ1n) is 10.1. The molecule has 1 aliphatic heterocycles. The molecule has 2 heterocycles. The molecule has 0 aliphatic carbocycles. The number of carbonyl (C=O) groups excluding carboxylic acids is 1. The number of sulfonamides is 1. The molecule has 7 heteroatoms. The highest BCUT2D eigenvalue weighted by atomic mass is 32.2. The van der Waals surface area contributed by atoms with Crippen molar-refractivity contribution in [2.45, 2.75) is 30.7 Å². The highest BCUT2D eigenvalue weighted by Crippen LogP contribution is 2.25. The van der Waals surface area contributed by atoms with Crippen LogP contribution in [-0.4, -0.2) is 36.7 Å². The van der Waals surface area contributed by atoms with Crippen molar-refractivity contribution in [3.05, 3.63) is 72.6 Å². The molecule has 2 aromatic carbocycles. The summed E-state index contributed by atoms with van der Waals surface area (Å²) >= 11 is 0. The number of amides is 1. The van der Waals surface area contributed by atoms with Crippen molar-refractivity contribution in [1.29, 1.82) is 0 Å². The monoisotopic (exact) mass is 423 g/mol. The smallest absolute Gasteiger partial charge is 0.244 e. The predicted octanol–water partition coefficient (Wildman–Crippen LogP) is 3.51. The van der Waals surface area contributed by atoms with E-state index in [-0.39, 0.29) is 22.8 Å². The quantitative estimate of drug-likeness (QED) is 0.681. The minimum atomic E-state index is -3.56. The summed E-state index contributed by atoms with van der Waals surface area (Å²) in [5, 5.41) is 5.41. The molecular weight excluding hydrogens is 398 g/mol. The number of nitrogens with zero attached hydrogens (tertiary/aromatic N) is 2. The topological polar surface area (TPSA) is 79.4 Å². The van der Waals surface area contributed by atoms with Gasteiger partial charge in [-0.1, -0.05) is 36.4 Å². The number of hydrogen-bond acceptors (Lipinski definition) is 4. The molecule has 4 rings (SSSR count). The summed E-state index contributed by atoms with van der Waals surface area (Å²) in [5.74, 6) is -0.206. The number of benzene rings is 2. The zero-order valence-corrected chi connectivity index (χ0v) is 17.7. The Labute approximate surface area is 177 Å². The van der Waals surface area contributed by atoms with Crippen LogP contribution in [-0.2, 0) is 14.8 Å². The summed E-state index contributed by atoms with van der Waals surface area (Å²) in [6, 6.07) is 17.4. The van der Waals surface area contributed by atoms with Crippen molar-refractivity contribution in [2.24, 2.45) is 5.92 Å². The molecule has 0 bridgehead atoms. The van der Waals surface area contributed by atoms with Crippen LogP contribution < -0.4 is 5.32 Å². The fourth-order valence-corrected chi connectivity index (χ4v) is 5.33. The van der Waals surface area contributed by atoms with Crippen molar-refractivity contribution in [3.63, 3.8) is 0 Å². The van der Waals surface area contributed by atoms with E-state index >= 15 is 0 Å². The summed E-state index contributed by atoms with van der Waals surface area (Å²) in [7, 11) is -3.56. The molecule has 1 N–H and O–H groups in total. The molecule has 1 fully saturated rings. The standard InChI is InChI=1S/C23H25N3O3S/c1-17(20-9-8-18-5-2-3-6-21(18)15-20)25-23(27)19-10-13-26(14-11-19)30(28,29)22-7-4-12-24-16-22/h2-9,12,15-17,19H,10-11,13-14H2,1H3,(H,25,27). The van der Waals surface area contributed by atoms with Gasteiger partial charge in [-0.15, -0.1) is 0 Å². The molecule has 1 unspecified atom stereocenters. The van der Waals surface area contributed by atoms with Gasteiger partial charge in [-0.05, 0) is 54.3 Å². The maximum Gasteiger partial charge on any atom is 0.244 e. The van der Waals surface area contributed by atoms with Crippen LogP contribution in [0.15, 0.2) is 71.9 Å². The van der Waals surface area contributed by atoms with Gasteiger partial charge >= 0.3 is 0 Å². The van der Waals surface area contributed by atoms with E-state index in [1.165, 1.54) is 15.9 Å². The maximum absolute atomic E-state index is 12.8. The second kappa shape index (κ2) is 8.53. The fraction of sp³-hybridized carbons (Fsp3) is 0.304. The Hall–Kier alpha value is -2.77. The van der Waals surface area contributed by atoms with Crippen LogP contribution in [0.5, 0.6) is 0 Å². The van der Waals surface area contributed by atoms with Crippen molar-refractivity contribution in [1.82, 2.24) is 14.6 Å². The summed E-state index contributed by atoms with van der Waals surface area (Å²) in [5.41, 5.74) is 1.05. The molecule has 1 aromatic heterocycles. The first-order valence-corrected chi connectivity index (χ1v) is 11.6. The molecule has 0 radical (unpaired) electrons. The van der Waals surface area contributed by atoms with Crippen LogP contribution in [0.4, 0.5) is 0 Å². The molecule has 30 heavy (non-hydrogen) atoms. The van der Waals surface area contributed by atoms with Crippen LogP contribution in [0.25, 0.3) is 10.8 Å². The van der Waals surface area contributed by atoms with E-state index in [2.05, 4.69) is 34.6 Å². The van der Waals surface area contributed by atoms with E-state index < -0.39 is 10.0 Å². The molecule has 1 atom stereocenters. The molecule has 0 saturated carbocycles. The number of fused-ring (bicyclic) bond motifs is 1. The van der Waals surface area contributed by atoms with Crippen molar-refractivity contribution in [2.75, 3.05) is 13.1 Å². The Bertz CT molecular complexity index is 1140. The second-order valence-electron chi connectivity index (χ2n) is 7.70. The van der Waals surface area contributed by atoms with Gasteiger partial charge in [0.05, 0.1) is 6.04 Å². The lowest BCUT2D eigenvalue weighted by Gasteiger charge is -2.31. The lowest BCUT2D eigenvalue weighted by atomic mass is 9.96. The SMILES string of the molecule is CC(NC(=O)C1CCN(S(=O)(=O)c2cccnc2)CC1)c1ccc2ccccc2c1. The largest absolute Gasteiger partial charge is 0.349 e. The van der Waals surface area contributed by atoms with Gasteiger partial charge in [0.25, 0.3) is 0 Å². The molecule has 156 valence electrons. The van der Waals surface area contributed by atoms with Gasteiger partial charge in [0.15, 0.2) is 0 Å². The van der Waals surface area contributed by atoms with Crippen LogP contribution in [0, 0.1) is 5.92 Å². The minimum Gasteiger partial charge on any atom is -0.349 e. The minimum absolute atomic E-state index is 0.0194. The summed E-state index contributed by atoms with van der Waals surface area (Å²) in [4.78, 5) is 16.9. The molecule has 1 amide bonds. The highest BCUT2D eigenvalue weighted by molar-refractivity contribution is 7.89. The third kappa shape index (κ3) is 4.22. The first-order chi connectivity index (χ1) is 14.4. The third-order valence-electron chi connectivity index (χ3n) is 5.73. The number of aromatic nitrogens is 1. The lowest BCUT2D eigenvalue weighted by Crippen LogP contribution is -2.43. The van der Waals surface area contributed by atoms with Crippen molar-refractivity contribution in [3.8, 4) is 0 Å². The molecule has 1 aliphatic rings. The van der Waals surface area contributed by atoms with Gasteiger partial charge in [0.2, 0.25) is 15.9 Å². The maximum atomic E-state index is 12.8. The number of rotatable bonds is 5. The van der Waals surface area contributed by atoms with Crippen LogP contribution >= 0.6 is 0 Å². The van der Waals surface area contributed by atoms with Gasteiger partial charge in [0, 0.05) is 31.4 Å². The fourth-order valence-electron chi connectivity index (χ4n) is 3.90. The first kappa shape index (κ1) is 20.5. The second-order valence-corrected chi connectivity index (χ2v) is 9.64. The van der Waals surface area contributed by atoms with Crippen molar-refractivity contribution >= 4 is 26.7 Å². The van der Waals surface area contributed by atoms with E-state index in [1.54, 1.807) is 18.3 Å². The van der Waals surface area contributed by atoms with Gasteiger partial charge in [-0.25, -0.2) is 8.42 Å². The number of pyridine rings is 1. The predicted molar refractivity (Wildman–Crippen MR) is 116 cm³/mol. The molecule has 1 saturated heterocycles. The Morgan fingerprint density at radius 2 is 1.80 bits per heavy atom. The number of carbonyl (C=O) groups is 1. The van der Waals surface area contributed by atoms with E-state index in [0.29, 0.717) is 25.9 Å². The van der Waals surface area contributed by atoms with Gasteiger partial charge < -0.3 is 5.32 Å². The van der Waals surface area contributed by atoms with E-state index in [0.717, 1.165) is 10.9 Å².